The van der Waals surface area contributed by atoms with Gasteiger partial charge in [-0.05, 0) is 29.5 Å². The van der Waals surface area contributed by atoms with E-state index in [1.165, 1.54) is 23.8 Å². The lowest BCUT2D eigenvalue weighted by Crippen LogP contribution is -2.38. The molecule has 3 aromatic rings. The van der Waals surface area contributed by atoms with Gasteiger partial charge in [0.2, 0.25) is 0 Å². The highest BCUT2D eigenvalue weighted by molar-refractivity contribution is 5.88. The zero-order valence-electron chi connectivity index (χ0n) is 19.6. The SMILES string of the molecule is C=C/C=C/CC/C(=C\[C@@H]1CN1C(c1ccccc1)(c1ccccc1)c1ccccc1)C(=O)OC. The van der Waals surface area contributed by atoms with Crippen LogP contribution in [-0.4, -0.2) is 30.6 Å². The molecular weight excluding hydrogens is 418 g/mol. The number of methoxy groups -OCH3 is 1. The van der Waals surface area contributed by atoms with Crippen molar-refractivity contribution < 1.29 is 9.53 Å². The molecule has 0 N–H and O–H groups in total. The summed E-state index contributed by atoms with van der Waals surface area (Å²) < 4.78 is 5.10. The van der Waals surface area contributed by atoms with E-state index in [-0.39, 0.29) is 12.0 Å². The van der Waals surface area contributed by atoms with Gasteiger partial charge in [0.1, 0.15) is 0 Å². The largest absolute Gasteiger partial charge is 0.466 e. The molecule has 0 radical (unpaired) electrons. The first kappa shape index (κ1) is 23.5. The van der Waals surface area contributed by atoms with Crippen LogP contribution < -0.4 is 0 Å². The van der Waals surface area contributed by atoms with Crippen LogP contribution in [0.25, 0.3) is 0 Å². The maximum atomic E-state index is 12.6. The molecule has 172 valence electrons. The second-order valence-corrected chi connectivity index (χ2v) is 8.41. The molecule has 0 spiro atoms. The lowest BCUT2D eigenvalue weighted by Gasteiger charge is -2.38. The van der Waals surface area contributed by atoms with E-state index >= 15 is 0 Å². The minimum atomic E-state index is -0.463. The van der Waals surface area contributed by atoms with Crippen LogP contribution in [0.4, 0.5) is 0 Å². The Kier molecular flexibility index (Phi) is 7.56. The van der Waals surface area contributed by atoms with E-state index < -0.39 is 5.54 Å². The third kappa shape index (κ3) is 4.80. The number of carbonyl (C=O) groups is 1. The third-order valence-corrected chi connectivity index (χ3v) is 6.35. The highest BCUT2D eigenvalue weighted by atomic mass is 16.5. The van der Waals surface area contributed by atoms with Crippen molar-refractivity contribution in [3.63, 3.8) is 0 Å². The van der Waals surface area contributed by atoms with Crippen molar-refractivity contribution in [2.75, 3.05) is 13.7 Å². The molecule has 1 unspecified atom stereocenters. The zero-order chi connectivity index (χ0) is 23.8. The quantitative estimate of drug-likeness (QED) is 0.120. The summed E-state index contributed by atoms with van der Waals surface area (Å²) in [4.78, 5) is 15.0. The molecule has 3 nitrogen and oxygen atoms in total. The van der Waals surface area contributed by atoms with Gasteiger partial charge in [-0.3, -0.25) is 4.90 Å². The number of benzene rings is 3. The Morgan fingerprint density at radius 3 is 1.88 bits per heavy atom. The molecular formula is C31H31NO2. The van der Waals surface area contributed by atoms with Gasteiger partial charge in [0.15, 0.2) is 0 Å². The van der Waals surface area contributed by atoms with Crippen LogP contribution in [0.5, 0.6) is 0 Å². The number of ether oxygens (including phenoxy) is 1. The molecule has 1 aliphatic rings. The predicted molar refractivity (Wildman–Crippen MR) is 138 cm³/mol. The van der Waals surface area contributed by atoms with Crippen molar-refractivity contribution >= 4 is 5.97 Å². The molecule has 4 rings (SSSR count). The van der Waals surface area contributed by atoms with E-state index in [0.717, 1.165) is 13.0 Å². The van der Waals surface area contributed by atoms with Crippen molar-refractivity contribution in [2.24, 2.45) is 0 Å². The van der Waals surface area contributed by atoms with Crippen LogP contribution in [0.15, 0.2) is 127 Å². The first-order valence-corrected chi connectivity index (χ1v) is 11.7. The summed E-state index contributed by atoms with van der Waals surface area (Å²) in [6.45, 7) is 4.56. The van der Waals surface area contributed by atoms with E-state index in [1.54, 1.807) is 6.08 Å². The van der Waals surface area contributed by atoms with Gasteiger partial charge in [0, 0.05) is 18.2 Å². The molecule has 1 fully saturated rings. The van der Waals surface area contributed by atoms with Gasteiger partial charge in [-0.1, -0.05) is 122 Å². The van der Waals surface area contributed by atoms with Crippen molar-refractivity contribution in [1.82, 2.24) is 4.90 Å². The Morgan fingerprint density at radius 2 is 1.44 bits per heavy atom. The summed E-state index contributed by atoms with van der Waals surface area (Å²) in [5.41, 5.74) is 3.87. The van der Waals surface area contributed by atoms with E-state index in [1.807, 2.05) is 12.2 Å². The normalized spacial score (nSPS) is 18.0. The average molecular weight is 450 g/mol. The van der Waals surface area contributed by atoms with Crippen LogP contribution in [0, 0.1) is 0 Å². The minimum Gasteiger partial charge on any atom is -0.466 e. The second kappa shape index (κ2) is 11.0. The lowest BCUT2D eigenvalue weighted by molar-refractivity contribution is -0.136. The highest BCUT2D eigenvalue weighted by Crippen LogP contribution is 2.48. The molecule has 0 bridgehead atoms. The Hall–Kier alpha value is -3.69. The molecule has 3 aromatic carbocycles. The maximum absolute atomic E-state index is 12.6. The number of carbonyl (C=O) groups excluding carboxylic acids is 1. The van der Waals surface area contributed by atoms with Gasteiger partial charge in [0.25, 0.3) is 0 Å². The van der Waals surface area contributed by atoms with Gasteiger partial charge in [-0.25, -0.2) is 4.79 Å². The molecule has 2 atom stereocenters. The molecule has 0 aromatic heterocycles. The fourth-order valence-electron chi connectivity index (χ4n) is 4.77. The van der Waals surface area contributed by atoms with E-state index in [2.05, 4.69) is 109 Å². The smallest absolute Gasteiger partial charge is 0.333 e. The van der Waals surface area contributed by atoms with Crippen molar-refractivity contribution in [3.8, 4) is 0 Å². The van der Waals surface area contributed by atoms with Gasteiger partial charge in [-0.2, -0.15) is 0 Å². The van der Waals surface area contributed by atoms with E-state index in [9.17, 15) is 4.79 Å². The molecule has 0 aliphatic carbocycles. The van der Waals surface area contributed by atoms with Gasteiger partial charge in [-0.15, -0.1) is 0 Å². The number of hydrogen-bond donors (Lipinski definition) is 0. The van der Waals surface area contributed by atoms with Crippen LogP contribution in [0.3, 0.4) is 0 Å². The molecule has 1 aliphatic heterocycles. The first-order chi connectivity index (χ1) is 16.7. The number of rotatable bonds is 10. The number of esters is 1. The van der Waals surface area contributed by atoms with E-state index in [0.29, 0.717) is 12.0 Å². The average Bonchev–Trinajstić information content (AvgIpc) is 3.67. The van der Waals surface area contributed by atoms with Crippen molar-refractivity contribution in [1.29, 1.82) is 0 Å². The third-order valence-electron chi connectivity index (χ3n) is 6.35. The van der Waals surface area contributed by atoms with Gasteiger partial charge >= 0.3 is 5.97 Å². The monoisotopic (exact) mass is 449 g/mol. The molecule has 34 heavy (non-hydrogen) atoms. The van der Waals surface area contributed by atoms with Crippen molar-refractivity contribution in [2.45, 2.75) is 24.4 Å². The summed E-state index contributed by atoms with van der Waals surface area (Å²) >= 11 is 0. The first-order valence-electron chi connectivity index (χ1n) is 11.7. The summed E-state index contributed by atoms with van der Waals surface area (Å²) in [5, 5.41) is 0. The zero-order valence-corrected chi connectivity index (χ0v) is 19.6. The molecule has 1 saturated heterocycles. The van der Waals surface area contributed by atoms with Gasteiger partial charge in [0.05, 0.1) is 12.6 Å². The number of nitrogens with zero attached hydrogens (tertiary/aromatic N) is 1. The van der Waals surface area contributed by atoms with Crippen LogP contribution in [-0.2, 0) is 15.1 Å². The summed E-state index contributed by atoms with van der Waals surface area (Å²) in [6.07, 6.45) is 9.17. The van der Waals surface area contributed by atoms with Crippen LogP contribution in [0.1, 0.15) is 29.5 Å². The molecule has 0 amide bonds. The summed E-state index contributed by atoms with van der Waals surface area (Å²) in [5.74, 6) is -0.261. The Bertz CT molecular complexity index is 1050. The summed E-state index contributed by atoms with van der Waals surface area (Å²) in [7, 11) is 1.45. The maximum Gasteiger partial charge on any atom is 0.333 e. The molecule has 1 heterocycles. The Balaban J connectivity index is 1.79. The van der Waals surface area contributed by atoms with Crippen molar-refractivity contribution in [3.05, 3.63) is 144 Å². The molecule has 0 saturated carbocycles. The Morgan fingerprint density at radius 1 is 0.941 bits per heavy atom. The fraction of sp³-hybridized carbons (Fsp3) is 0.194. The van der Waals surface area contributed by atoms with E-state index in [4.69, 9.17) is 4.74 Å². The molecule has 3 heteroatoms. The lowest BCUT2D eigenvalue weighted by atomic mass is 9.76. The predicted octanol–water partition coefficient (Wildman–Crippen LogP) is 6.28. The van der Waals surface area contributed by atoms with Crippen LogP contribution in [0.2, 0.25) is 0 Å². The second-order valence-electron chi connectivity index (χ2n) is 8.41. The topological polar surface area (TPSA) is 29.3 Å². The van der Waals surface area contributed by atoms with Crippen LogP contribution >= 0.6 is 0 Å². The van der Waals surface area contributed by atoms with Gasteiger partial charge < -0.3 is 4.74 Å². The fourth-order valence-corrected chi connectivity index (χ4v) is 4.77. The number of hydrogen-bond acceptors (Lipinski definition) is 3. The number of allylic oxidation sites excluding steroid dienone is 3. The Labute approximate surface area is 202 Å². The standard InChI is InChI=1S/C31H31NO2/c1-3-4-5-9-16-25(30(33)34-2)23-29-24-32(29)31(26-17-10-6-11-18-26,27-19-12-7-13-20-27)28-21-14-8-15-22-28/h3-8,10-15,17-23,29H,1,9,16,24H2,2H3/b5-4+,25-23+/t29-,32?/m1/s1. The minimum absolute atomic E-state index is 0.123. The summed E-state index contributed by atoms with van der Waals surface area (Å²) in [6, 6.07) is 32.0. The highest BCUT2D eigenvalue weighted by Gasteiger charge is 2.52.